The average Bonchev–Trinajstić information content (AvgIpc) is 3.35. The zero-order valence-corrected chi connectivity index (χ0v) is 16.7. The predicted octanol–water partition coefficient (Wildman–Crippen LogP) is 5.74. The Hall–Kier alpha value is -1.65. The molecule has 0 bridgehead atoms. The second-order valence-electron chi connectivity index (χ2n) is 7.06. The van der Waals surface area contributed by atoms with Crippen molar-refractivity contribution in [2.24, 2.45) is 5.92 Å². The van der Waals surface area contributed by atoms with Gasteiger partial charge in [0.25, 0.3) is 0 Å². The zero-order chi connectivity index (χ0) is 18.3. The van der Waals surface area contributed by atoms with Crippen LogP contribution in [-0.2, 0) is 0 Å². The Morgan fingerprint density at radius 1 is 1.27 bits per heavy atom. The largest absolute Gasteiger partial charge is 0.330 e. The van der Waals surface area contributed by atoms with E-state index in [2.05, 4.69) is 40.0 Å². The number of nitrogens with zero attached hydrogens (tertiary/aromatic N) is 3. The molecule has 0 spiro atoms. The number of rotatable bonds is 6. The monoisotopic (exact) mass is 390 g/mol. The van der Waals surface area contributed by atoms with E-state index in [-0.39, 0.29) is 0 Å². The van der Waals surface area contributed by atoms with Gasteiger partial charge in [-0.3, -0.25) is 10.0 Å². The van der Waals surface area contributed by atoms with Crippen LogP contribution >= 0.6 is 23.2 Å². The van der Waals surface area contributed by atoms with E-state index >= 15 is 0 Å². The molecule has 6 heteroatoms. The summed E-state index contributed by atoms with van der Waals surface area (Å²) in [6.45, 7) is 5.33. The van der Waals surface area contributed by atoms with E-state index in [0.29, 0.717) is 16.1 Å². The molecule has 1 aromatic heterocycles. The van der Waals surface area contributed by atoms with E-state index in [0.717, 1.165) is 35.1 Å². The fraction of sp³-hybridized carbons (Fsp3) is 0.450. The van der Waals surface area contributed by atoms with Crippen molar-refractivity contribution in [3.8, 4) is 0 Å². The van der Waals surface area contributed by atoms with Gasteiger partial charge in [0.05, 0.1) is 17.4 Å². The summed E-state index contributed by atoms with van der Waals surface area (Å²) in [5, 5.41) is 6.02. The summed E-state index contributed by atoms with van der Waals surface area (Å²) >= 11 is 12.6. The van der Waals surface area contributed by atoms with Crippen molar-refractivity contribution >= 4 is 34.6 Å². The van der Waals surface area contributed by atoms with E-state index in [1.54, 1.807) is 12.4 Å². The summed E-state index contributed by atoms with van der Waals surface area (Å²) in [5.74, 6) is 1.84. The van der Waals surface area contributed by atoms with Gasteiger partial charge < -0.3 is 4.98 Å². The molecule has 1 aliphatic carbocycles. The van der Waals surface area contributed by atoms with E-state index in [1.165, 1.54) is 25.7 Å². The minimum absolute atomic E-state index is 0.512. The maximum atomic E-state index is 6.50. The second kappa shape index (κ2) is 7.16. The van der Waals surface area contributed by atoms with Gasteiger partial charge in [-0.1, -0.05) is 42.6 Å². The average molecular weight is 391 g/mol. The molecule has 1 aliphatic heterocycles. The number of hydrogen-bond acceptors (Lipinski definition) is 3. The number of benzene rings is 1. The van der Waals surface area contributed by atoms with Crippen LogP contribution in [0.15, 0.2) is 30.7 Å². The summed E-state index contributed by atoms with van der Waals surface area (Å²) in [6.07, 6.45) is 8.97. The van der Waals surface area contributed by atoms with Crippen molar-refractivity contribution in [1.82, 2.24) is 15.0 Å². The molecule has 4 rings (SSSR count). The number of hydrogen-bond donors (Lipinski definition) is 1. The molecule has 0 saturated heterocycles. The molecule has 1 unspecified atom stereocenters. The molecular weight excluding hydrogens is 367 g/mol. The Labute approximate surface area is 164 Å². The Kier molecular flexibility index (Phi) is 4.89. The molecule has 2 aliphatic rings. The first-order valence-corrected chi connectivity index (χ1v) is 10.2. The Balaban J connectivity index is 1.79. The van der Waals surface area contributed by atoms with E-state index in [9.17, 15) is 0 Å². The van der Waals surface area contributed by atoms with Crippen molar-refractivity contribution in [3.63, 3.8) is 0 Å². The Bertz CT molecular complexity index is 825. The van der Waals surface area contributed by atoms with Crippen molar-refractivity contribution in [2.75, 3.05) is 11.6 Å². The smallest absolute Gasteiger partial charge is 0.153 e. The van der Waals surface area contributed by atoms with Gasteiger partial charge in [0.1, 0.15) is 5.69 Å². The lowest BCUT2D eigenvalue weighted by Gasteiger charge is -2.43. The fourth-order valence-electron chi connectivity index (χ4n) is 3.90. The lowest BCUT2D eigenvalue weighted by atomic mass is 10.00. The summed E-state index contributed by atoms with van der Waals surface area (Å²) in [5.41, 5.74) is 2.95. The molecule has 138 valence electrons. The molecule has 26 heavy (non-hydrogen) atoms. The second-order valence-corrected chi connectivity index (χ2v) is 7.90. The quantitative estimate of drug-likeness (QED) is 0.682. The van der Waals surface area contributed by atoms with Crippen LogP contribution in [0.4, 0.5) is 5.82 Å². The number of H-pyrrole nitrogens is 1. The van der Waals surface area contributed by atoms with Crippen LogP contribution < -0.4 is 5.01 Å². The van der Waals surface area contributed by atoms with Gasteiger partial charge in [-0.25, -0.2) is 4.98 Å². The molecule has 2 aromatic rings. The van der Waals surface area contributed by atoms with E-state index in [1.807, 2.05) is 12.1 Å². The van der Waals surface area contributed by atoms with E-state index < -0.39 is 0 Å². The molecule has 1 fully saturated rings. The van der Waals surface area contributed by atoms with Crippen molar-refractivity contribution in [1.29, 1.82) is 0 Å². The van der Waals surface area contributed by atoms with Crippen molar-refractivity contribution < 1.29 is 0 Å². The standard InChI is InChI=1S/C20H24Cl2N4/c1-3-5-18(13-6-7-13)26-20-19(23-12-24-20)16(11-25(26)4-2)15-9-8-14(21)10-17(15)22/h8-13,18H,3-7H2,1-2H3,(H,23,24). The molecule has 1 N–H and O–H groups in total. The third kappa shape index (κ3) is 3.10. The number of halogens is 2. The van der Waals surface area contributed by atoms with Crippen LogP contribution in [0.25, 0.3) is 5.57 Å². The number of fused-ring (bicyclic) bond motifs is 1. The number of imidazole rings is 1. The minimum Gasteiger partial charge on any atom is -0.330 e. The summed E-state index contributed by atoms with van der Waals surface area (Å²) in [4.78, 5) is 8.02. The highest BCUT2D eigenvalue weighted by atomic mass is 35.5. The van der Waals surface area contributed by atoms with Gasteiger partial charge in [0, 0.05) is 28.9 Å². The van der Waals surface area contributed by atoms with Crippen LogP contribution in [0.2, 0.25) is 10.0 Å². The normalized spacial score (nSPS) is 17.9. The SMILES string of the molecule is CCCC(C1CC1)N1c2[nH]cnc2C(c2ccc(Cl)cc2Cl)=CN1CC. The first-order valence-electron chi connectivity index (χ1n) is 9.40. The van der Waals surface area contributed by atoms with Crippen molar-refractivity contribution in [2.45, 2.75) is 45.6 Å². The number of hydrazine groups is 1. The zero-order valence-electron chi connectivity index (χ0n) is 15.2. The third-order valence-electron chi connectivity index (χ3n) is 5.27. The van der Waals surface area contributed by atoms with Gasteiger partial charge in [0.15, 0.2) is 5.82 Å². The molecule has 0 amide bonds. The van der Waals surface area contributed by atoms with Crippen LogP contribution in [0, 0.1) is 5.92 Å². The van der Waals surface area contributed by atoms with E-state index in [4.69, 9.17) is 23.2 Å². The highest BCUT2D eigenvalue weighted by Crippen LogP contribution is 2.44. The van der Waals surface area contributed by atoms with Gasteiger partial charge in [-0.2, -0.15) is 0 Å². The molecule has 1 aromatic carbocycles. The van der Waals surface area contributed by atoms with Crippen LogP contribution in [0.3, 0.4) is 0 Å². The third-order valence-corrected chi connectivity index (χ3v) is 5.82. The predicted molar refractivity (Wildman–Crippen MR) is 108 cm³/mol. The molecule has 1 saturated carbocycles. The lowest BCUT2D eigenvalue weighted by molar-refractivity contribution is 0.285. The highest BCUT2D eigenvalue weighted by Gasteiger charge is 2.40. The fourth-order valence-corrected chi connectivity index (χ4v) is 4.41. The molecular formula is C20H24Cl2N4. The van der Waals surface area contributed by atoms with Crippen LogP contribution in [-0.4, -0.2) is 27.6 Å². The Morgan fingerprint density at radius 2 is 2.08 bits per heavy atom. The number of aromatic nitrogens is 2. The first-order chi connectivity index (χ1) is 12.6. The van der Waals surface area contributed by atoms with Crippen LogP contribution in [0.5, 0.6) is 0 Å². The minimum atomic E-state index is 0.512. The maximum absolute atomic E-state index is 6.50. The lowest BCUT2D eigenvalue weighted by Crippen LogP contribution is -2.49. The summed E-state index contributed by atoms with van der Waals surface area (Å²) in [6, 6.07) is 6.15. The maximum Gasteiger partial charge on any atom is 0.153 e. The first kappa shape index (κ1) is 17.7. The van der Waals surface area contributed by atoms with Gasteiger partial charge in [-0.05, 0) is 44.2 Å². The molecule has 4 nitrogen and oxygen atoms in total. The summed E-state index contributed by atoms with van der Waals surface area (Å²) < 4.78 is 0. The number of nitrogens with one attached hydrogen (secondary N) is 1. The molecule has 1 atom stereocenters. The highest BCUT2D eigenvalue weighted by molar-refractivity contribution is 6.35. The van der Waals surface area contributed by atoms with Gasteiger partial charge in [0.2, 0.25) is 0 Å². The van der Waals surface area contributed by atoms with Gasteiger partial charge >= 0.3 is 0 Å². The molecule has 0 radical (unpaired) electrons. The number of aromatic amines is 1. The van der Waals surface area contributed by atoms with Crippen LogP contribution in [0.1, 0.15) is 50.8 Å². The molecule has 2 heterocycles. The van der Waals surface area contributed by atoms with Gasteiger partial charge in [-0.15, -0.1) is 0 Å². The topological polar surface area (TPSA) is 35.2 Å². The van der Waals surface area contributed by atoms with Crippen molar-refractivity contribution in [3.05, 3.63) is 52.0 Å². The number of anilines is 1. The summed E-state index contributed by atoms with van der Waals surface area (Å²) in [7, 11) is 0. The Morgan fingerprint density at radius 3 is 2.73 bits per heavy atom.